The van der Waals surface area contributed by atoms with Crippen LogP contribution in [0.1, 0.15) is 15.9 Å². The largest absolute Gasteiger partial charge is 0.478 e. The molecule has 0 bridgehead atoms. The minimum absolute atomic E-state index is 0.0241. The van der Waals surface area contributed by atoms with Crippen LogP contribution >= 0.6 is 11.8 Å². The third kappa shape index (κ3) is 3.47. The predicted octanol–water partition coefficient (Wildman–Crippen LogP) is 1.83. The second kappa shape index (κ2) is 5.55. The molecule has 0 aromatic heterocycles. The molecule has 0 radical (unpaired) electrons. The molecule has 0 aliphatic rings. The lowest BCUT2D eigenvalue weighted by atomic mass is 10.1. The van der Waals surface area contributed by atoms with E-state index in [1.807, 2.05) is 6.26 Å². The van der Waals surface area contributed by atoms with E-state index < -0.39 is 15.8 Å². The highest BCUT2D eigenvalue weighted by Gasteiger charge is 2.17. The van der Waals surface area contributed by atoms with Crippen molar-refractivity contribution >= 4 is 27.6 Å². The first kappa shape index (κ1) is 14.1. The summed E-state index contributed by atoms with van der Waals surface area (Å²) in [6, 6.07) is 4.21. The van der Waals surface area contributed by atoms with Gasteiger partial charge < -0.3 is 5.11 Å². The first-order valence-corrected chi connectivity index (χ1v) is 7.98. The van der Waals surface area contributed by atoms with Gasteiger partial charge in [-0.2, -0.15) is 11.8 Å². The van der Waals surface area contributed by atoms with Crippen molar-refractivity contribution in [3.63, 3.8) is 0 Å². The molecule has 4 nitrogen and oxygen atoms in total. The topological polar surface area (TPSA) is 71.4 Å². The molecule has 1 aromatic rings. The van der Waals surface area contributed by atoms with Crippen LogP contribution in [0.25, 0.3) is 0 Å². The minimum Gasteiger partial charge on any atom is -0.478 e. The predicted molar refractivity (Wildman–Crippen MR) is 68.6 cm³/mol. The number of hydrogen-bond acceptors (Lipinski definition) is 4. The van der Waals surface area contributed by atoms with Crippen molar-refractivity contribution in [2.75, 3.05) is 17.8 Å². The normalized spacial score (nSPS) is 11.4. The molecule has 1 N–H and O–H groups in total. The Balaban J connectivity index is 3.16. The number of hydrogen-bond donors (Lipinski definition) is 1. The van der Waals surface area contributed by atoms with Crippen LogP contribution in [-0.2, 0) is 9.84 Å². The zero-order chi connectivity index (χ0) is 13.1. The van der Waals surface area contributed by atoms with Crippen molar-refractivity contribution in [1.29, 1.82) is 0 Å². The van der Waals surface area contributed by atoms with Crippen LogP contribution in [0.15, 0.2) is 23.1 Å². The Hall–Kier alpha value is -1.01. The van der Waals surface area contributed by atoms with Crippen molar-refractivity contribution in [1.82, 2.24) is 0 Å². The highest BCUT2D eigenvalue weighted by Crippen LogP contribution is 2.17. The van der Waals surface area contributed by atoms with Gasteiger partial charge in [0, 0.05) is 5.75 Å². The van der Waals surface area contributed by atoms with Gasteiger partial charge in [-0.15, -0.1) is 0 Å². The number of aryl methyl sites for hydroxylation is 1. The third-order valence-corrected chi connectivity index (χ3v) is 4.94. The van der Waals surface area contributed by atoms with Crippen LogP contribution in [0, 0.1) is 6.92 Å². The summed E-state index contributed by atoms with van der Waals surface area (Å²) in [6.07, 6.45) is 1.83. The molecular formula is C11H14O4S2. The highest BCUT2D eigenvalue weighted by molar-refractivity contribution is 8.00. The van der Waals surface area contributed by atoms with Gasteiger partial charge in [-0.1, -0.05) is 6.07 Å². The molecule has 0 saturated heterocycles. The number of carboxylic acid groups (broad SMARTS) is 1. The van der Waals surface area contributed by atoms with Gasteiger partial charge >= 0.3 is 5.97 Å². The lowest BCUT2D eigenvalue weighted by molar-refractivity contribution is 0.0696. The van der Waals surface area contributed by atoms with E-state index in [1.165, 1.54) is 30.0 Å². The molecule has 94 valence electrons. The monoisotopic (exact) mass is 274 g/mol. The average Bonchev–Trinajstić information content (AvgIpc) is 2.26. The summed E-state index contributed by atoms with van der Waals surface area (Å²) in [4.78, 5) is 11.0. The average molecular weight is 274 g/mol. The smallest absolute Gasteiger partial charge is 0.335 e. The van der Waals surface area contributed by atoms with Gasteiger partial charge in [0.25, 0.3) is 0 Å². The van der Waals surface area contributed by atoms with Crippen molar-refractivity contribution in [3.05, 3.63) is 29.3 Å². The first-order chi connectivity index (χ1) is 7.88. The van der Waals surface area contributed by atoms with Gasteiger partial charge in [0.1, 0.15) is 0 Å². The molecular weight excluding hydrogens is 260 g/mol. The number of thioether (sulfide) groups is 1. The molecule has 0 unspecified atom stereocenters. The molecule has 1 aromatic carbocycles. The van der Waals surface area contributed by atoms with Crippen LogP contribution in [0.5, 0.6) is 0 Å². The van der Waals surface area contributed by atoms with E-state index >= 15 is 0 Å². The molecule has 0 amide bonds. The van der Waals surface area contributed by atoms with E-state index in [2.05, 4.69) is 0 Å². The molecule has 0 heterocycles. The molecule has 0 atom stereocenters. The van der Waals surface area contributed by atoms with Gasteiger partial charge in [-0.3, -0.25) is 0 Å². The fourth-order valence-corrected chi connectivity index (χ4v) is 3.69. The van der Waals surface area contributed by atoms with E-state index in [0.29, 0.717) is 11.3 Å². The number of carbonyl (C=O) groups is 1. The maximum Gasteiger partial charge on any atom is 0.335 e. The van der Waals surface area contributed by atoms with Crippen molar-refractivity contribution in [3.8, 4) is 0 Å². The maximum atomic E-state index is 11.9. The van der Waals surface area contributed by atoms with Gasteiger partial charge in [0.2, 0.25) is 0 Å². The summed E-state index contributed by atoms with van der Waals surface area (Å²) in [6.45, 7) is 1.64. The SMILES string of the molecule is CSCCS(=O)(=O)c1ccc(C)c(C(=O)O)c1. The molecule has 0 aliphatic heterocycles. The van der Waals surface area contributed by atoms with Crippen molar-refractivity contribution < 1.29 is 18.3 Å². The Labute approximate surface area is 105 Å². The summed E-state index contributed by atoms with van der Waals surface area (Å²) in [7, 11) is -3.38. The lowest BCUT2D eigenvalue weighted by Gasteiger charge is -2.06. The zero-order valence-corrected chi connectivity index (χ0v) is 11.3. The molecule has 1 rings (SSSR count). The maximum absolute atomic E-state index is 11.9. The van der Waals surface area contributed by atoms with Gasteiger partial charge in [0.05, 0.1) is 16.2 Å². The molecule has 17 heavy (non-hydrogen) atoms. The fraction of sp³-hybridized carbons (Fsp3) is 0.364. The molecule has 0 aliphatic carbocycles. The van der Waals surface area contributed by atoms with E-state index in [0.717, 1.165) is 0 Å². The molecule has 0 fully saturated rings. The Morgan fingerprint density at radius 3 is 2.59 bits per heavy atom. The molecule has 0 spiro atoms. The van der Waals surface area contributed by atoms with E-state index in [4.69, 9.17) is 5.11 Å². The number of benzene rings is 1. The van der Waals surface area contributed by atoms with Crippen LogP contribution in [0.2, 0.25) is 0 Å². The number of aromatic carboxylic acids is 1. The van der Waals surface area contributed by atoms with Crippen LogP contribution in [-0.4, -0.2) is 37.3 Å². The summed E-state index contributed by atoms with van der Waals surface area (Å²) >= 11 is 1.44. The number of carboxylic acids is 1. The van der Waals surface area contributed by atoms with Crippen molar-refractivity contribution in [2.45, 2.75) is 11.8 Å². The van der Waals surface area contributed by atoms with Gasteiger partial charge in [-0.25, -0.2) is 13.2 Å². The minimum atomic E-state index is -3.38. The summed E-state index contributed by atoms with van der Waals surface area (Å²) < 4.78 is 23.7. The number of rotatable bonds is 5. The summed E-state index contributed by atoms with van der Waals surface area (Å²) in [5, 5.41) is 8.93. The van der Waals surface area contributed by atoms with Crippen molar-refractivity contribution in [2.24, 2.45) is 0 Å². The van der Waals surface area contributed by atoms with E-state index in [-0.39, 0.29) is 16.2 Å². The molecule has 6 heteroatoms. The zero-order valence-electron chi connectivity index (χ0n) is 9.63. The number of sulfone groups is 1. The van der Waals surface area contributed by atoms with E-state index in [9.17, 15) is 13.2 Å². The fourth-order valence-electron chi connectivity index (χ4n) is 1.34. The standard InChI is InChI=1S/C11H14O4S2/c1-8-3-4-9(7-10(8)11(12)13)17(14,15)6-5-16-2/h3-4,7H,5-6H2,1-2H3,(H,12,13). The van der Waals surface area contributed by atoms with Gasteiger partial charge in [-0.05, 0) is 30.9 Å². The van der Waals surface area contributed by atoms with Crippen LogP contribution in [0.4, 0.5) is 0 Å². The van der Waals surface area contributed by atoms with E-state index in [1.54, 1.807) is 6.92 Å². The summed E-state index contributed by atoms with van der Waals surface area (Å²) in [5.74, 6) is -0.584. The lowest BCUT2D eigenvalue weighted by Crippen LogP contribution is -2.10. The Bertz CT molecular complexity index is 520. The first-order valence-electron chi connectivity index (χ1n) is 4.94. The second-order valence-electron chi connectivity index (χ2n) is 3.59. The van der Waals surface area contributed by atoms with Gasteiger partial charge in [0.15, 0.2) is 9.84 Å². The second-order valence-corrected chi connectivity index (χ2v) is 6.69. The highest BCUT2D eigenvalue weighted by atomic mass is 32.2. The quantitative estimate of drug-likeness (QED) is 0.887. The Morgan fingerprint density at radius 2 is 2.06 bits per heavy atom. The molecule has 0 saturated carbocycles. The van der Waals surface area contributed by atoms with Crippen LogP contribution < -0.4 is 0 Å². The Kier molecular flexibility index (Phi) is 4.59. The van der Waals surface area contributed by atoms with Crippen LogP contribution in [0.3, 0.4) is 0 Å². The summed E-state index contributed by atoms with van der Waals surface area (Å²) in [5.41, 5.74) is 0.594. The third-order valence-electron chi connectivity index (χ3n) is 2.35. The Morgan fingerprint density at radius 1 is 1.41 bits per heavy atom.